The van der Waals surface area contributed by atoms with Crippen LogP contribution in [-0.4, -0.2) is 22.1 Å². The molecule has 4 rings (SSSR count). The molecule has 28 heavy (non-hydrogen) atoms. The Balaban J connectivity index is 1.41. The first-order valence-corrected chi connectivity index (χ1v) is 9.23. The number of para-hydroxylation sites is 1. The Bertz CT molecular complexity index is 1040. The standard InChI is InChI=1S/C22H21N3O3/c26-22(24-16-17-6-4-10-23-15-17)20-14-21-19(9-13-28-21)25(20)11-5-12-27-18-7-2-1-3-8-18/h1-4,6-10,13-15H,5,11-12,16H2,(H,24,26). The number of nitrogens with zero attached hydrogens (tertiary/aromatic N) is 2. The number of aryl methyl sites for hydroxylation is 1. The summed E-state index contributed by atoms with van der Waals surface area (Å²) in [5.74, 6) is 0.706. The lowest BCUT2D eigenvalue weighted by Gasteiger charge is -2.11. The van der Waals surface area contributed by atoms with Gasteiger partial charge in [-0.3, -0.25) is 9.78 Å². The molecule has 1 aromatic carbocycles. The number of nitrogens with one attached hydrogen (secondary N) is 1. The third-order valence-electron chi connectivity index (χ3n) is 4.47. The number of aromatic nitrogens is 2. The number of amides is 1. The van der Waals surface area contributed by atoms with E-state index in [9.17, 15) is 4.79 Å². The van der Waals surface area contributed by atoms with Crippen molar-refractivity contribution in [2.75, 3.05) is 6.61 Å². The molecule has 142 valence electrons. The zero-order valence-electron chi connectivity index (χ0n) is 15.4. The van der Waals surface area contributed by atoms with Crippen LogP contribution in [-0.2, 0) is 13.1 Å². The number of ether oxygens (including phenoxy) is 1. The zero-order valence-corrected chi connectivity index (χ0v) is 15.4. The van der Waals surface area contributed by atoms with Crippen LogP contribution in [0.5, 0.6) is 5.75 Å². The summed E-state index contributed by atoms with van der Waals surface area (Å²) >= 11 is 0. The fourth-order valence-corrected chi connectivity index (χ4v) is 3.11. The Kier molecular flexibility index (Phi) is 5.38. The third-order valence-corrected chi connectivity index (χ3v) is 4.47. The molecule has 6 heteroatoms. The summed E-state index contributed by atoms with van der Waals surface area (Å²) in [5, 5.41) is 2.95. The molecule has 0 aliphatic rings. The average Bonchev–Trinajstić information content (AvgIpc) is 3.33. The van der Waals surface area contributed by atoms with Crippen LogP contribution in [0.4, 0.5) is 0 Å². The summed E-state index contributed by atoms with van der Waals surface area (Å²) in [6, 6.07) is 17.2. The number of carbonyl (C=O) groups is 1. The molecular weight excluding hydrogens is 354 g/mol. The monoisotopic (exact) mass is 375 g/mol. The minimum Gasteiger partial charge on any atom is -0.494 e. The van der Waals surface area contributed by atoms with Gasteiger partial charge in [-0.25, -0.2) is 0 Å². The van der Waals surface area contributed by atoms with Gasteiger partial charge in [0.1, 0.15) is 11.4 Å². The summed E-state index contributed by atoms with van der Waals surface area (Å²) < 4.78 is 13.2. The Labute approximate surface area is 162 Å². The minimum atomic E-state index is -0.140. The highest BCUT2D eigenvalue weighted by Crippen LogP contribution is 2.22. The molecule has 3 heterocycles. The first kappa shape index (κ1) is 17.9. The van der Waals surface area contributed by atoms with E-state index in [4.69, 9.17) is 9.15 Å². The molecule has 1 N–H and O–H groups in total. The number of fused-ring (bicyclic) bond motifs is 1. The Morgan fingerprint density at radius 1 is 1.14 bits per heavy atom. The number of furan rings is 1. The van der Waals surface area contributed by atoms with Gasteiger partial charge in [0.15, 0.2) is 5.58 Å². The van der Waals surface area contributed by atoms with Gasteiger partial charge in [0.05, 0.1) is 18.4 Å². The Morgan fingerprint density at radius 3 is 2.86 bits per heavy atom. The molecule has 3 aromatic heterocycles. The van der Waals surface area contributed by atoms with Crippen molar-refractivity contribution in [3.05, 3.63) is 84.5 Å². The maximum absolute atomic E-state index is 12.7. The van der Waals surface area contributed by atoms with Gasteiger partial charge in [0.2, 0.25) is 0 Å². The summed E-state index contributed by atoms with van der Waals surface area (Å²) in [4.78, 5) is 16.8. The molecule has 0 aliphatic heterocycles. The quantitative estimate of drug-likeness (QED) is 0.472. The van der Waals surface area contributed by atoms with Gasteiger partial charge in [-0.1, -0.05) is 24.3 Å². The molecule has 1 amide bonds. The third kappa shape index (κ3) is 4.06. The summed E-state index contributed by atoms with van der Waals surface area (Å²) in [6.45, 7) is 1.65. The molecule has 0 radical (unpaired) electrons. The fraction of sp³-hybridized carbons (Fsp3) is 0.182. The second kappa shape index (κ2) is 8.43. The van der Waals surface area contributed by atoms with Crippen LogP contribution in [0, 0.1) is 0 Å². The van der Waals surface area contributed by atoms with Crippen molar-refractivity contribution in [2.24, 2.45) is 0 Å². The molecule has 0 saturated heterocycles. The van der Waals surface area contributed by atoms with Crippen molar-refractivity contribution in [3.8, 4) is 5.75 Å². The number of hydrogen-bond donors (Lipinski definition) is 1. The van der Waals surface area contributed by atoms with E-state index in [1.165, 1.54) is 0 Å². The predicted molar refractivity (Wildman–Crippen MR) is 106 cm³/mol. The van der Waals surface area contributed by atoms with Crippen LogP contribution < -0.4 is 10.1 Å². The first-order valence-electron chi connectivity index (χ1n) is 9.23. The van der Waals surface area contributed by atoms with Gasteiger partial charge >= 0.3 is 0 Å². The lowest BCUT2D eigenvalue weighted by atomic mass is 10.3. The minimum absolute atomic E-state index is 0.140. The van der Waals surface area contributed by atoms with E-state index in [0.717, 1.165) is 23.3 Å². The van der Waals surface area contributed by atoms with Crippen molar-refractivity contribution >= 4 is 17.0 Å². The van der Waals surface area contributed by atoms with Gasteiger partial charge in [-0.05, 0) is 30.2 Å². The first-order chi connectivity index (χ1) is 13.8. The van der Waals surface area contributed by atoms with E-state index in [0.29, 0.717) is 31.0 Å². The normalized spacial score (nSPS) is 10.9. The highest BCUT2D eigenvalue weighted by Gasteiger charge is 2.17. The summed E-state index contributed by atoms with van der Waals surface area (Å²) in [6.07, 6.45) is 5.86. The highest BCUT2D eigenvalue weighted by atomic mass is 16.5. The number of carbonyl (C=O) groups excluding carboxylic acids is 1. The van der Waals surface area contributed by atoms with E-state index in [1.54, 1.807) is 24.7 Å². The number of benzene rings is 1. The smallest absolute Gasteiger partial charge is 0.268 e. The second-order valence-electron chi connectivity index (χ2n) is 6.41. The maximum Gasteiger partial charge on any atom is 0.268 e. The van der Waals surface area contributed by atoms with Crippen LogP contribution in [0.25, 0.3) is 11.1 Å². The maximum atomic E-state index is 12.7. The molecule has 0 aliphatic carbocycles. The van der Waals surface area contributed by atoms with Gasteiger partial charge in [-0.2, -0.15) is 0 Å². The lowest BCUT2D eigenvalue weighted by molar-refractivity contribution is 0.0941. The van der Waals surface area contributed by atoms with E-state index in [1.807, 2.05) is 53.1 Å². The molecule has 0 unspecified atom stereocenters. The molecule has 0 saturated carbocycles. The van der Waals surface area contributed by atoms with E-state index < -0.39 is 0 Å². The van der Waals surface area contributed by atoms with Crippen molar-refractivity contribution in [2.45, 2.75) is 19.5 Å². The van der Waals surface area contributed by atoms with Crippen molar-refractivity contribution in [1.82, 2.24) is 14.9 Å². The van der Waals surface area contributed by atoms with E-state index in [-0.39, 0.29) is 5.91 Å². The van der Waals surface area contributed by atoms with Gasteiger partial charge in [-0.15, -0.1) is 0 Å². The number of rotatable bonds is 8. The summed E-state index contributed by atoms with van der Waals surface area (Å²) in [5.41, 5.74) is 3.15. The fourth-order valence-electron chi connectivity index (χ4n) is 3.11. The molecular formula is C22H21N3O3. The Morgan fingerprint density at radius 2 is 2.04 bits per heavy atom. The largest absolute Gasteiger partial charge is 0.494 e. The number of pyridine rings is 1. The lowest BCUT2D eigenvalue weighted by Crippen LogP contribution is -2.25. The number of hydrogen-bond acceptors (Lipinski definition) is 4. The van der Waals surface area contributed by atoms with Crippen LogP contribution in [0.3, 0.4) is 0 Å². The molecule has 0 atom stereocenters. The van der Waals surface area contributed by atoms with Crippen LogP contribution in [0.1, 0.15) is 22.5 Å². The van der Waals surface area contributed by atoms with E-state index in [2.05, 4.69) is 10.3 Å². The van der Waals surface area contributed by atoms with Gasteiger partial charge in [0, 0.05) is 37.6 Å². The van der Waals surface area contributed by atoms with Crippen LogP contribution in [0.2, 0.25) is 0 Å². The topological polar surface area (TPSA) is 69.3 Å². The van der Waals surface area contributed by atoms with Crippen molar-refractivity contribution in [1.29, 1.82) is 0 Å². The zero-order chi connectivity index (χ0) is 19.2. The van der Waals surface area contributed by atoms with Crippen LogP contribution >= 0.6 is 0 Å². The summed E-state index contributed by atoms with van der Waals surface area (Å²) in [7, 11) is 0. The van der Waals surface area contributed by atoms with E-state index >= 15 is 0 Å². The Hall–Kier alpha value is -3.54. The molecule has 0 spiro atoms. The van der Waals surface area contributed by atoms with Gasteiger partial charge in [0.25, 0.3) is 5.91 Å². The predicted octanol–water partition coefficient (Wildman–Crippen LogP) is 4.03. The molecule has 0 fully saturated rings. The average molecular weight is 375 g/mol. The molecule has 4 aromatic rings. The van der Waals surface area contributed by atoms with Gasteiger partial charge < -0.3 is 19.0 Å². The second-order valence-corrected chi connectivity index (χ2v) is 6.41. The van der Waals surface area contributed by atoms with Crippen molar-refractivity contribution in [3.63, 3.8) is 0 Å². The molecule has 0 bridgehead atoms. The van der Waals surface area contributed by atoms with Crippen molar-refractivity contribution < 1.29 is 13.9 Å². The van der Waals surface area contributed by atoms with Crippen LogP contribution in [0.15, 0.2) is 77.7 Å². The molecule has 6 nitrogen and oxygen atoms in total. The highest BCUT2D eigenvalue weighted by molar-refractivity contribution is 5.97. The SMILES string of the molecule is O=C(NCc1cccnc1)c1cc2occc2n1CCCOc1ccccc1.